The molecule has 0 saturated carbocycles. The highest BCUT2D eigenvalue weighted by Crippen LogP contribution is 2.29. The zero-order valence-electron chi connectivity index (χ0n) is 21.6. The second kappa shape index (κ2) is 10.7. The molecule has 206 valence electrons. The Morgan fingerprint density at radius 1 is 1.25 bits per heavy atom. The van der Waals surface area contributed by atoms with Crippen LogP contribution in [0.1, 0.15) is 35.2 Å². The number of fused-ring (bicyclic) bond motifs is 1. The van der Waals surface area contributed by atoms with Gasteiger partial charge < -0.3 is 20.1 Å². The summed E-state index contributed by atoms with van der Waals surface area (Å²) in [5, 5.41) is 13.2. The first-order chi connectivity index (χ1) is 19.4. The molecule has 40 heavy (non-hydrogen) atoms. The summed E-state index contributed by atoms with van der Waals surface area (Å²) in [5.74, 6) is -0.621. The second-order valence-corrected chi connectivity index (χ2v) is 10.6. The zero-order chi connectivity index (χ0) is 27.8. The number of carbonyl (C=O) groups is 2. The summed E-state index contributed by atoms with van der Waals surface area (Å²) in [7, 11) is 0. The predicted octanol–water partition coefficient (Wildman–Crippen LogP) is 1.82. The maximum Gasteiger partial charge on any atom is 0.341 e. The summed E-state index contributed by atoms with van der Waals surface area (Å²) in [6, 6.07) is 3.41. The van der Waals surface area contributed by atoms with Crippen LogP contribution in [0.5, 0.6) is 0 Å². The number of anilines is 1. The first kappa shape index (κ1) is 26.0. The number of nitrogens with zero attached hydrogens (tertiary/aromatic N) is 7. The van der Waals surface area contributed by atoms with Crippen molar-refractivity contribution in [2.45, 2.75) is 32.3 Å². The molecule has 0 aliphatic carbocycles. The standard InChI is InChI=1S/C26H26N8O5S/c1-14-8-19(33-10-15(11-33)24(36)28-9-16-4-2-3-7-39-16)30-23-20(14)21(35)17(25(37)38)12-34(23)26-31-22(32-40-26)18-5-6-27-13-29-18/h5-6,8,12-13,15-16H,2-4,7,9-11H2,1H3,(H,28,36)(H,37,38). The fourth-order valence-electron chi connectivity index (χ4n) is 4.94. The molecule has 2 saturated heterocycles. The van der Waals surface area contributed by atoms with Crippen LogP contribution in [0, 0.1) is 12.8 Å². The third kappa shape index (κ3) is 4.91. The summed E-state index contributed by atoms with van der Waals surface area (Å²) >= 11 is 1.03. The molecule has 1 amide bonds. The Morgan fingerprint density at radius 3 is 2.83 bits per heavy atom. The summed E-state index contributed by atoms with van der Waals surface area (Å²) in [4.78, 5) is 57.1. The second-order valence-electron chi connectivity index (χ2n) is 9.87. The largest absolute Gasteiger partial charge is 0.477 e. The molecule has 0 aromatic carbocycles. The minimum absolute atomic E-state index is 0.0166. The molecule has 1 unspecified atom stereocenters. The van der Waals surface area contributed by atoms with Crippen molar-refractivity contribution in [1.82, 2.24) is 34.2 Å². The number of carboxylic acids is 1. The summed E-state index contributed by atoms with van der Waals surface area (Å²) < 4.78 is 11.5. The van der Waals surface area contributed by atoms with E-state index < -0.39 is 17.0 Å². The van der Waals surface area contributed by atoms with Gasteiger partial charge in [-0.2, -0.15) is 9.36 Å². The highest BCUT2D eigenvalue weighted by Gasteiger charge is 2.34. The number of aryl methyl sites for hydroxylation is 1. The van der Waals surface area contributed by atoms with Crippen molar-refractivity contribution in [2.24, 2.45) is 5.92 Å². The van der Waals surface area contributed by atoms with E-state index in [2.05, 4.69) is 24.6 Å². The quantitative estimate of drug-likeness (QED) is 0.337. The maximum atomic E-state index is 13.1. The van der Waals surface area contributed by atoms with Gasteiger partial charge >= 0.3 is 5.97 Å². The van der Waals surface area contributed by atoms with E-state index in [9.17, 15) is 19.5 Å². The van der Waals surface area contributed by atoms with Crippen LogP contribution in [-0.2, 0) is 9.53 Å². The van der Waals surface area contributed by atoms with E-state index in [1.165, 1.54) is 17.1 Å². The molecule has 2 aliphatic rings. The van der Waals surface area contributed by atoms with Gasteiger partial charge in [-0.15, -0.1) is 0 Å². The van der Waals surface area contributed by atoms with Crippen LogP contribution in [-0.4, -0.2) is 78.2 Å². The smallest absolute Gasteiger partial charge is 0.341 e. The fraction of sp³-hybridized carbons (Fsp3) is 0.385. The molecule has 2 fully saturated rings. The monoisotopic (exact) mass is 562 g/mol. The number of carboxylic acid groups (broad SMARTS) is 1. The van der Waals surface area contributed by atoms with Crippen LogP contribution in [0.25, 0.3) is 27.7 Å². The van der Waals surface area contributed by atoms with E-state index in [-0.39, 0.29) is 29.0 Å². The van der Waals surface area contributed by atoms with E-state index in [4.69, 9.17) is 9.72 Å². The molecule has 2 N–H and O–H groups in total. The summed E-state index contributed by atoms with van der Waals surface area (Å²) in [6.07, 6.45) is 7.39. The van der Waals surface area contributed by atoms with Crippen LogP contribution < -0.4 is 15.6 Å². The van der Waals surface area contributed by atoms with E-state index in [0.717, 1.165) is 37.4 Å². The van der Waals surface area contributed by atoms with Crippen molar-refractivity contribution in [2.75, 3.05) is 31.1 Å². The minimum atomic E-state index is -1.35. The van der Waals surface area contributed by atoms with Gasteiger partial charge in [0.15, 0.2) is 11.5 Å². The maximum absolute atomic E-state index is 13.1. The van der Waals surface area contributed by atoms with Crippen LogP contribution in [0.2, 0.25) is 0 Å². The first-order valence-electron chi connectivity index (χ1n) is 12.9. The van der Waals surface area contributed by atoms with E-state index in [1.807, 2.05) is 4.90 Å². The van der Waals surface area contributed by atoms with Crippen LogP contribution in [0.4, 0.5) is 5.82 Å². The molecule has 1 atom stereocenters. The predicted molar refractivity (Wildman–Crippen MR) is 146 cm³/mol. The molecule has 14 heteroatoms. The SMILES string of the molecule is Cc1cc(N2CC(C(=O)NCC3CCCCO3)C2)nc2c1c(=O)c(C(=O)O)cn2-c1nc(-c2ccncn2)ns1. The van der Waals surface area contributed by atoms with E-state index >= 15 is 0 Å². The molecule has 0 radical (unpaired) electrons. The molecule has 0 spiro atoms. The third-order valence-corrected chi connectivity index (χ3v) is 7.87. The van der Waals surface area contributed by atoms with Crippen molar-refractivity contribution < 1.29 is 19.4 Å². The number of aromatic nitrogens is 6. The molecule has 6 heterocycles. The van der Waals surface area contributed by atoms with Gasteiger partial charge in [0.05, 0.1) is 17.4 Å². The lowest BCUT2D eigenvalue weighted by molar-refractivity contribution is -0.126. The normalized spacial score (nSPS) is 17.5. The number of hydrogen-bond acceptors (Lipinski definition) is 11. The zero-order valence-corrected chi connectivity index (χ0v) is 22.4. The molecular formula is C26H26N8O5S. The Hall–Kier alpha value is -4.30. The van der Waals surface area contributed by atoms with Crippen molar-refractivity contribution in [3.05, 3.63) is 52.2 Å². The molecule has 4 aromatic rings. The molecule has 0 bridgehead atoms. The Morgan fingerprint density at radius 2 is 2.10 bits per heavy atom. The van der Waals surface area contributed by atoms with Crippen molar-refractivity contribution in [3.63, 3.8) is 0 Å². The van der Waals surface area contributed by atoms with Crippen molar-refractivity contribution in [1.29, 1.82) is 0 Å². The highest BCUT2D eigenvalue weighted by molar-refractivity contribution is 7.08. The number of pyridine rings is 2. The average Bonchev–Trinajstić information content (AvgIpc) is 3.42. The lowest BCUT2D eigenvalue weighted by Gasteiger charge is -2.39. The van der Waals surface area contributed by atoms with Crippen LogP contribution in [0.15, 0.2) is 35.6 Å². The first-order valence-corrected chi connectivity index (χ1v) is 13.7. The van der Waals surface area contributed by atoms with Gasteiger partial charge in [-0.25, -0.2) is 19.7 Å². The summed E-state index contributed by atoms with van der Waals surface area (Å²) in [5.41, 5.74) is 0.321. The van der Waals surface area contributed by atoms with Gasteiger partial charge in [0.25, 0.3) is 0 Å². The lowest BCUT2D eigenvalue weighted by Crippen LogP contribution is -2.55. The number of aromatic carboxylic acids is 1. The number of carbonyl (C=O) groups excluding carboxylic acids is 1. The lowest BCUT2D eigenvalue weighted by atomic mass is 9.98. The number of amides is 1. The van der Waals surface area contributed by atoms with Crippen LogP contribution >= 0.6 is 11.5 Å². The molecule has 6 rings (SSSR count). The number of rotatable bonds is 7. The van der Waals surface area contributed by atoms with Gasteiger partial charge in [-0.1, -0.05) is 0 Å². The molecular weight excluding hydrogens is 536 g/mol. The fourth-order valence-corrected chi connectivity index (χ4v) is 5.59. The Kier molecular flexibility index (Phi) is 6.94. The number of hydrogen-bond donors (Lipinski definition) is 2. The molecule has 2 aliphatic heterocycles. The van der Waals surface area contributed by atoms with Gasteiger partial charge in [-0.3, -0.25) is 14.2 Å². The number of ether oxygens (including phenoxy) is 1. The van der Waals surface area contributed by atoms with Crippen molar-refractivity contribution in [3.8, 4) is 16.6 Å². The van der Waals surface area contributed by atoms with E-state index in [1.54, 1.807) is 25.3 Å². The molecule has 13 nitrogen and oxygen atoms in total. The van der Waals surface area contributed by atoms with Gasteiger partial charge in [-0.05, 0) is 43.9 Å². The molecule has 4 aromatic heterocycles. The average molecular weight is 563 g/mol. The Labute approximate surface area is 232 Å². The minimum Gasteiger partial charge on any atom is -0.477 e. The van der Waals surface area contributed by atoms with E-state index in [0.29, 0.717) is 47.7 Å². The topological polar surface area (TPSA) is 165 Å². The number of nitrogens with one attached hydrogen (secondary N) is 1. The van der Waals surface area contributed by atoms with Gasteiger partial charge in [0.2, 0.25) is 16.5 Å². The van der Waals surface area contributed by atoms with Gasteiger partial charge in [0.1, 0.15) is 23.4 Å². The Balaban J connectivity index is 1.29. The van der Waals surface area contributed by atoms with Crippen molar-refractivity contribution >= 4 is 40.3 Å². The third-order valence-electron chi connectivity index (χ3n) is 7.16. The van der Waals surface area contributed by atoms with Gasteiger partial charge in [0, 0.05) is 50.2 Å². The Bertz CT molecular complexity index is 1640. The van der Waals surface area contributed by atoms with Crippen LogP contribution in [0.3, 0.4) is 0 Å². The highest BCUT2D eigenvalue weighted by atomic mass is 32.1. The summed E-state index contributed by atoms with van der Waals surface area (Å²) in [6.45, 7) is 3.95.